The minimum atomic E-state index is -0.800. The molecule has 0 heterocycles. The third-order valence-corrected chi connectivity index (χ3v) is 5.28. The molecule has 3 aromatic rings. The molecule has 0 aromatic heterocycles. The molecule has 154 valence electrons. The summed E-state index contributed by atoms with van der Waals surface area (Å²) in [5.41, 5.74) is 4.32. The van der Waals surface area contributed by atoms with Gasteiger partial charge in [0.15, 0.2) is 11.6 Å². The molecule has 0 saturated heterocycles. The number of allylic oxidation sites excluding steroid dienone is 4. The fourth-order valence-corrected chi connectivity index (χ4v) is 3.53. The highest BCUT2D eigenvalue weighted by Crippen LogP contribution is 2.32. The average Bonchev–Trinajstić information content (AvgIpc) is 2.77. The molecule has 0 unspecified atom stereocenters. The Balaban J connectivity index is 1.80. The van der Waals surface area contributed by atoms with E-state index in [0.29, 0.717) is 22.3 Å². The van der Waals surface area contributed by atoms with E-state index in [4.69, 9.17) is 0 Å². The first-order valence-electron chi connectivity index (χ1n) is 10.5. The summed E-state index contributed by atoms with van der Waals surface area (Å²) in [6.45, 7) is 4.01. The molecule has 0 aliphatic carbocycles. The van der Waals surface area contributed by atoms with Crippen LogP contribution >= 0.6 is 0 Å². The van der Waals surface area contributed by atoms with Crippen LogP contribution in [0, 0.1) is 11.6 Å². The highest BCUT2D eigenvalue weighted by Gasteiger charge is 2.16. The first kappa shape index (κ1) is 21.7. The molecule has 0 aliphatic heterocycles. The van der Waals surface area contributed by atoms with E-state index in [2.05, 4.69) is 12.2 Å². The third-order valence-electron chi connectivity index (χ3n) is 5.28. The number of rotatable bonds is 8. The molecule has 0 nitrogen and oxygen atoms in total. The maximum absolute atomic E-state index is 14.9. The third kappa shape index (κ3) is 5.33. The van der Waals surface area contributed by atoms with Gasteiger partial charge < -0.3 is 0 Å². The largest absolute Gasteiger partial charge is 0.203 e. The molecule has 30 heavy (non-hydrogen) atoms. The normalized spacial score (nSPS) is 11.6. The van der Waals surface area contributed by atoms with Crippen molar-refractivity contribution in [2.24, 2.45) is 0 Å². The summed E-state index contributed by atoms with van der Waals surface area (Å²) in [6.07, 6.45) is 12.1. The van der Waals surface area contributed by atoms with Gasteiger partial charge in [-0.1, -0.05) is 85.0 Å². The molecule has 0 amide bonds. The first-order chi connectivity index (χ1) is 14.6. The SMILES string of the molecule is C/C=C/CCc1ccc(-c2ccc(-c3ccc(CC/C=C/C)cc3)c(F)c2F)cc1. The van der Waals surface area contributed by atoms with Gasteiger partial charge in [0.05, 0.1) is 0 Å². The molecule has 3 rings (SSSR count). The van der Waals surface area contributed by atoms with Gasteiger partial charge in [-0.25, -0.2) is 8.78 Å². The van der Waals surface area contributed by atoms with Gasteiger partial charge in [0.25, 0.3) is 0 Å². The fourth-order valence-electron chi connectivity index (χ4n) is 3.53. The van der Waals surface area contributed by atoms with Crippen molar-refractivity contribution in [2.75, 3.05) is 0 Å². The van der Waals surface area contributed by atoms with E-state index < -0.39 is 11.6 Å². The van der Waals surface area contributed by atoms with Crippen LogP contribution in [0.25, 0.3) is 22.3 Å². The van der Waals surface area contributed by atoms with Gasteiger partial charge in [-0.05, 0) is 61.8 Å². The van der Waals surface area contributed by atoms with Crippen LogP contribution in [0.4, 0.5) is 8.78 Å². The lowest BCUT2D eigenvalue weighted by Gasteiger charge is -2.10. The molecule has 0 aliphatic rings. The summed E-state index contributed by atoms with van der Waals surface area (Å²) >= 11 is 0. The van der Waals surface area contributed by atoms with E-state index in [1.807, 2.05) is 74.5 Å². The number of halogens is 2. The van der Waals surface area contributed by atoms with Crippen LogP contribution in [0.2, 0.25) is 0 Å². The zero-order chi connectivity index (χ0) is 21.3. The van der Waals surface area contributed by atoms with Crippen LogP contribution < -0.4 is 0 Å². The maximum atomic E-state index is 14.9. The Morgan fingerprint density at radius 3 is 1.27 bits per heavy atom. The van der Waals surface area contributed by atoms with E-state index >= 15 is 0 Å². The standard InChI is InChI=1S/C28H28F2/c1-3-5-7-9-21-11-15-23(16-12-21)25-19-20-26(28(30)27(25)29)24-17-13-22(14-18-24)10-8-6-4-2/h3-6,11-20H,7-10H2,1-2H3/b5-3+,6-4+. The Morgan fingerprint density at radius 2 is 0.933 bits per heavy atom. The predicted octanol–water partition coefficient (Wildman–Crippen LogP) is 8.32. The first-order valence-corrected chi connectivity index (χ1v) is 10.5. The molecule has 0 fully saturated rings. The highest BCUT2D eigenvalue weighted by atomic mass is 19.2. The summed E-state index contributed by atoms with van der Waals surface area (Å²) in [5, 5.41) is 0. The molecule has 0 radical (unpaired) electrons. The lowest BCUT2D eigenvalue weighted by atomic mass is 9.96. The van der Waals surface area contributed by atoms with Gasteiger partial charge in [-0.2, -0.15) is 0 Å². The predicted molar refractivity (Wildman–Crippen MR) is 124 cm³/mol. The lowest BCUT2D eigenvalue weighted by molar-refractivity contribution is 0.514. The lowest BCUT2D eigenvalue weighted by Crippen LogP contribution is -1.95. The zero-order valence-corrected chi connectivity index (χ0v) is 17.7. The number of benzene rings is 3. The highest BCUT2D eigenvalue weighted by molar-refractivity contribution is 5.72. The zero-order valence-electron chi connectivity index (χ0n) is 17.7. The monoisotopic (exact) mass is 402 g/mol. The van der Waals surface area contributed by atoms with Crippen molar-refractivity contribution in [3.8, 4) is 22.3 Å². The van der Waals surface area contributed by atoms with Crippen LogP contribution in [-0.4, -0.2) is 0 Å². The van der Waals surface area contributed by atoms with Gasteiger partial charge >= 0.3 is 0 Å². The van der Waals surface area contributed by atoms with Crippen molar-refractivity contribution >= 4 is 0 Å². The topological polar surface area (TPSA) is 0 Å². The minimum Gasteiger partial charge on any atom is -0.203 e. The molecule has 3 aromatic carbocycles. The second-order valence-corrected chi connectivity index (χ2v) is 7.40. The van der Waals surface area contributed by atoms with Crippen molar-refractivity contribution in [1.82, 2.24) is 0 Å². The van der Waals surface area contributed by atoms with Crippen LogP contribution in [0.15, 0.2) is 85.0 Å². The Kier molecular flexibility index (Phi) is 7.73. The van der Waals surface area contributed by atoms with E-state index in [0.717, 1.165) is 25.7 Å². The van der Waals surface area contributed by atoms with Crippen LogP contribution in [-0.2, 0) is 12.8 Å². The van der Waals surface area contributed by atoms with E-state index in [1.54, 1.807) is 12.1 Å². The smallest absolute Gasteiger partial charge is 0.167 e. The van der Waals surface area contributed by atoms with Crippen molar-refractivity contribution in [1.29, 1.82) is 0 Å². The quantitative estimate of drug-likeness (QED) is 0.332. The summed E-state index contributed by atoms with van der Waals surface area (Å²) in [4.78, 5) is 0. The van der Waals surface area contributed by atoms with Crippen LogP contribution in [0.3, 0.4) is 0 Å². The van der Waals surface area contributed by atoms with Gasteiger partial charge in [0.1, 0.15) is 0 Å². The fraction of sp³-hybridized carbons (Fsp3) is 0.214. The minimum absolute atomic E-state index is 0.291. The van der Waals surface area contributed by atoms with E-state index in [-0.39, 0.29) is 0 Å². The molecule has 0 N–H and O–H groups in total. The van der Waals surface area contributed by atoms with Crippen LogP contribution in [0.1, 0.15) is 37.8 Å². The average molecular weight is 403 g/mol. The number of aryl methyl sites for hydroxylation is 2. The van der Waals surface area contributed by atoms with Crippen LogP contribution in [0.5, 0.6) is 0 Å². The van der Waals surface area contributed by atoms with Gasteiger partial charge in [0.2, 0.25) is 0 Å². The molecule has 0 bridgehead atoms. The second-order valence-electron chi connectivity index (χ2n) is 7.40. The Labute approximate surface area is 178 Å². The second kappa shape index (κ2) is 10.7. The molecule has 0 atom stereocenters. The summed E-state index contributed by atoms with van der Waals surface area (Å²) in [6, 6.07) is 18.7. The van der Waals surface area contributed by atoms with E-state index in [1.165, 1.54) is 11.1 Å². The Morgan fingerprint density at radius 1 is 0.567 bits per heavy atom. The van der Waals surface area contributed by atoms with Gasteiger partial charge in [-0.15, -0.1) is 0 Å². The number of hydrogen-bond acceptors (Lipinski definition) is 0. The summed E-state index contributed by atoms with van der Waals surface area (Å²) < 4.78 is 29.8. The van der Waals surface area contributed by atoms with E-state index in [9.17, 15) is 8.78 Å². The van der Waals surface area contributed by atoms with Gasteiger partial charge in [0, 0.05) is 11.1 Å². The van der Waals surface area contributed by atoms with Crippen molar-refractivity contribution < 1.29 is 8.78 Å². The molecule has 2 heteroatoms. The molecular weight excluding hydrogens is 374 g/mol. The number of hydrogen-bond donors (Lipinski definition) is 0. The van der Waals surface area contributed by atoms with Crippen molar-refractivity contribution in [3.63, 3.8) is 0 Å². The summed E-state index contributed by atoms with van der Waals surface area (Å²) in [7, 11) is 0. The molecule has 0 spiro atoms. The Bertz CT molecular complexity index is 925. The van der Waals surface area contributed by atoms with Crippen molar-refractivity contribution in [2.45, 2.75) is 39.5 Å². The maximum Gasteiger partial charge on any atom is 0.167 e. The van der Waals surface area contributed by atoms with Gasteiger partial charge in [-0.3, -0.25) is 0 Å². The molecular formula is C28H28F2. The molecule has 0 saturated carbocycles. The Hall–Kier alpha value is -3.00. The summed E-state index contributed by atoms with van der Waals surface area (Å²) in [5.74, 6) is -1.60. The van der Waals surface area contributed by atoms with Crippen molar-refractivity contribution in [3.05, 3.63) is 108 Å².